The summed E-state index contributed by atoms with van der Waals surface area (Å²) in [5.74, 6) is 0. The predicted molar refractivity (Wildman–Crippen MR) is 88.4 cm³/mol. The second-order valence-electron chi connectivity index (χ2n) is 5.41. The maximum atomic E-state index is 4.29. The number of rotatable bonds is 4. The molecule has 0 aliphatic rings. The Balaban J connectivity index is 1.96. The third-order valence-electron chi connectivity index (χ3n) is 3.98. The Morgan fingerprint density at radius 1 is 1.05 bits per heavy atom. The second kappa shape index (κ2) is 6.06. The topological polar surface area (TPSA) is 24.9 Å². The van der Waals surface area contributed by atoms with Crippen LogP contribution in [0.25, 0.3) is 10.8 Å². The van der Waals surface area contributed by atoms with Crippen molar-refractivity contribution in [1.82, 2.24) is 10.3 Å². The molecule has 0 amide bonds. The lowest BCUT2D eigenvalue weighted by molar-refractivity contribution is 0.592. The van der Waals surface area contributed by atoms with Crippen molar-refractivity contribution in [2.75, 3.05) is 7.05 Å². The zero-order valence-electron chi connectivity index (χ0n) is 12.5. The fourth-order valence-corrected chi connectivity index (χ4v) is 2.86. The Kier molecular flexibility index (Phi) is 3.98. The van der Waals surface area contributed by atoms with Gasteiger partial charge >= 0.3 is 0 Å². The first-order chi connectivity index (χ1) is 10.3. The van der Waals surface area contributed by atoms with Crippen molar-refractivity contribution in [2.24, 2.45) is 0 Å². The smallest absolute Gasteiger partial charge is 0.0375 e. The lowest BCUT2D eigenvalue weighted by Crippen LogP contribution is -2.19. The van der Waals surface area contributed by atoms with Gasteiger partial charge in [-0.2, -0.15) is 0 Å². The minimum Gasteiger partial charge on any atom is -0.313 e. The Labute approximate surface area is 125 Å². The molecule has 0 saturated carbocycles. The minimum absolute atomic E-state index is 0.303. The van der Waals surface area contributed by atoms with Gasteiger partial charge in [0.15, 0.2) is 0 Å². The largest absolute Gasteiger partial charge is 0.313 e. The molecule has 0 spiro atoms. The summed E-state index contributed by atoms with van der Waals surface area (Å²) in [5.41, 5.74) is 3.73. The maximum absolute atomic E-state index is 4.29. The zero-order chi connectivity index (χ0) is 14.7. The van der Waals surface area contributed by atoms with E-state index in [1.165, 1.54) is 21.9 Å². The standard InChI is InChI=1S/C19H20N2/c1-14-12-17(10-11-21-14)19(20-2)13-16-8-5-7-15-6-3-4-9-18(15)16/h3-12,19-20H,13H2,1-2H3. The van der Waals surface area contributed by atoms with E-state index in [2.05, 4.69) is 64.9 Å². The van der Waals surface area contributed by atoms with Crippen LogP contribution >= 0.6 is 0 Å². The van der Waals surface area contributed by atoms with Crippen LogP contribution in [0.1, 0.15) is 22.9 Å². The summed E-state index contributed by atoms with van der Waals surface area (Å²) < 4.78 is 0. The van der Waals surface area contributed by atoms with Gasteiger partial charge in [-0.05, 0) is 54.4 Å². The van der Waals surface area contributed by atoms with Gasteiger partial charge in [-0.15, -0.1) is 0 Å². The van der Waals surface area contributed by atoms with E-state index in [1.807, 2.05) is 20.2 Å². The van der Waals surface area contributed by atoms with Crippen LogP contribution in [-0.2, 0) is 6.42 Å². The summed E-state index contributed by atoms with van der Waals surface area (Å²) in [5, 5.41) is 6.07. The van der Waals surface area contributed by atoms with Crippen molar-refractivity contribution in [3.05, 3.63) is 77.6 Å². The monoisotopic (exact) mass is 276 g/mol. The fraction of sp³-hybridized carbons (Fsp3) is 0.211. The van der Waals surface area contributed by atoms with Crippen LogP contribution in [0, 0.1) is 6.92 Å². The summed E-state index contributed by atoms with van der Waals surface area (Å²) in [6.07, 6.45) is 2.86. The molecule has 2 heteroatoms. The second-order valence-corrected chi connectivity index (χ2v) is 5.41. The van der Waals surface area contributed by atoms with E-state index >= 15 is 0 Å². The zero-order valence-corrected chi connectivity index (χ0v) is 12.5. The van der Waals surface area contributed by atoms with E-state index in [0.29, 0.717) is 6.04 Å². The van der Waals surface area contributed by atoms with Gasteiger partial charge in [0.05, 0.1) is 0 Å². The number of nitrogens with zero attached hydrogens (tertiary/aromatic N) is 1. The van der Waals surface area contributed by atoms with Crippen LogP contribution in [0.15, 0.2) is 60.8 Å². The Hall–Kier alpha value is -2.19. The van der Waals surface area contributed by atoms with E-state index in [-0.39, 0.29) is 0 Å². The number of benzene rings is 2. The molecule has 1 aromatic heterocycles. The molecule has 3 aromatic rings. The minimum atomic E-state index is 0.303. The van der Waals surface area contributed by atoms with Crippen LogP contribution in [0.4, 0.5) is 0 Å². The number of nitrogens with one attached hydrogen (secondary N) is 1. The number of aromatic nitrogens is 1. The molecule has 106 valence electrons. The molecule has 3 rings (SSSR count). The van der Waals surface area contributed by atoms with Crippen LogP contribution in [0.5, 0.6) is 0 Å². The number of hydrogen-bond acceptors (Lipinski definition) is 2. The van der Waals surface area contributed by atoms with E-state index in [4.69, 9.17) is 0 Å². The molecule has 1 unspecified atom stereocenters. The van der Waals surface area contributed by atoms with E-state index in [1.54, 1.807) is 0 Å². The normalized spacial score (nSPS) is 12.5. The van der Waals surface area contributed by atoms with Gasteiger partial charge in [0, 0.05) is 17.9 Å². The SMILES string of the molecule is CNC(Cc1cccc2ccccc12)c1ccnc(C)c1. The third-order valence-corrected chi connectivity index (χ3v) is 3.98. The molecule has 0 fully saturated rings. The quantitative estimate of drug-likeness (QED) is 0.777. The number of likely N-dealkylation sites (N-methyl/N-ethyl adjacent to an activating group) is 1. The summed E-state index contributed by atoms with van der Waals surface area (Å²) in [4.78, 5) is 4.29. The summed E-state index contributed by atoms with van der Waals surface area (Å²) >= 11 is 0. The number of pyridine rings is 1. The van der Waals surface area contributed by atoms with Crippen molar-refractivity contribution in [3.63, 3.8) is 0 Å². The molecular formula is C19H20N2. The molecule has 1 atom stereocenters. The molecule has 0 saturated heterocycles. The molecule has 2 nitrogen and oxygen atoms in total. The maximum Gasteiger partial charge on any atom is 0.0375 e. The highest BCUT2D eigenvalue weighted by atomic mass is 14.9. The highest BCUT2D eigenvalue weighted by molar-refractivity contribution is 5.85. The molecule has 0 aliphatic carbocycles. The van der Waals surface area contributed by atoms with Crippen LogP contribution in [0.2, 0.25) is 0 Å². The lowest BCUT2D eigenvalue weighted by Gasteiger charge is -2.18. The van der Waals surface area contributed by atoms with E-state index < -0.39 is 0 Å². The molecule has 0 aliphatic heterocycles. The number of hydrogen-bond donors (Lipinski definition) is 1. The highest BCUT2D eigenvalue weighted by Crippen LogP contribution is 2.24. The van der Waals surface area contributed by atoms with Crippen LogP contribution in [-0.4, -0.2) is 12.0 Å². The van der Waals surface area contributed by atoms with Gasteiger partial charge in [-0.1, -0.05) is 42.5 Å². The fourth-order valence-electron chi connectivity index (χ4n) is 2.86. The van der Waals surface area contributed by atoms with Crippen molar-refractivity contribution in [3.8, 4) is 0 Å². The third kappa shape index (κ3) is 2.96. The van der Waals surface area contributed by atoms with E-state index in [0.717, 1.165) is 12.1 Å². The first-order valence-electron chi connectivity index (χ1n) is 7.34. The first kappa shape index (κ1) is 13.8. The summed E-state index contributed by atoms with van der Waals surface area (Å²) in [6.45, 7) is 2.04. The highest BCUT2D eigenvalue weighted by Gasteiger charge is 2.12. The summed E-state index contributed by atoms with van der Waals surface area (Å²) in [7, 11) is 2.02. The Bertz CT molecular complexity index is 744. The van der Waals surface area contributed by atoms with Crippen LogP contribution in [0.3, 0.4) is 0 Å². The Morgan fingerprint density at radius 3 is 2.67 bits per heavy atom. The Morgan fingerprint density at radius 2 is 1.86 bits per heavy atom. The molecule has 1 heterocycles. The molecular weight excluding hydrogens is 256 g/mol. The molecule has 2 aromatic carbocycles. The van der Waals surface area contributed by atoms with Gasteiger partial charge in [0.1, 0.15) is 0 Å². The summed E-state index contributed by atoms with van der Waals surface area (Å²) in [6, 6.07) is 19.7. The molecule has 1 N–H and O–H groups in total. The first-order valence-corrected chi connectivity index (χ1v) is 7.34. The molecule has 0 bridgehead atoms. The van der Waals surface area contributed by atoms with Crippen molar-refractivity contribution in [1.29, 1.82) is 0 Å². The van der Waals surface area contributed by atoms with Crippen molar-refractivity contribution in [2.45, 2.75) is 19.4 Å². The predicted octanol–water partition coefficient (Wildman–Crippen LogP) is 4.05. The van der Waals surface area contributed by atoms with Crippen molar-refractivity contribution >= 4 is 10.8 Å². The number of aryl methyl sites for hydroxylation is 1. The van der Waals surface area contributed by atoms with Gasteiger partial charge in [-0.25, -0.2) is 0 Å². The van der Waals surface area contributed by atoms with Gasteiger partial charge < -0.3 is 5.32 Å². The van der Waals surface area contributed by atoms with Gasteiger partial charge in [0.2, 0.25) is 0 Å². The van der Waals surface area contributed by atoms with Crippen LogP contribution < -0.4 is 5.32 Å². The average Bonchev–Trinajstić information content (AvgIpc) is 2.52. The molecule has 21 heavy (non-hydrogen) atoms. The van der Waals surface area contributed by atoms with Gasteiger partial charge in [0.25, 0.3) is 0 Å². The van der Waals surface area contributed by atoms with E-state index in [9.17, 15) is 0 Å². The lowest BCUT2D eigenvalue weighted by atomic mass is 9.95. The average molecular weight is 276 g/mol. The molecule has 0 radical (unpaired) electrons. The number of fused-ring (bicyclic) bond motifs is 1. The van der Waals surface area contributed by atoms with Crippen molar-refractivity contribution < 1.29 is 0 Å². The van der Waals surface area contributed by atoms with Gasteiger partial charge in [-0.3, -0.25) is 4.98 Å².